The van der Waals surface area contributed by atoms with Crippen molar-refractivity contribution in [1.82, 2.24) is 4.98 Å². The lowest BCUT2D eigenvalue weighted by atomic mass is 10.1. The van der Waals surface area contributed by atoms with E-state index in [9.17, 15) is 0 Å². The van der Waals surface area contributed by atoms with Crippen molar-refractivity contribution < 1.29 is 9.15 Å². The van der Waals surface area contributed by atoms with Crippen LogP contribution in [0.25, 0.3) is 11.0 Å². The third-order valence-corrected chi connectivity index (χ3v) is 4.53. The van der Waals surface area contributed by atoms with Crippen LogP contribution in [0.3, 0.4) is 0 Å². The number of ether oxygens (including phenoxy) is 1. The van der Waals surface area contributed by atoms with E-state index in [4.69, 9.17) is 38.1 Å². The van der Waals surface area contributed by atoms with Crippen LogP contribution >= 0.6 is 39.1 Å². The molecule has 7 heteroatoms. The molecule has 1 unspecified atom stereocenters. The Morgan fingerprint density at radius 2 is 2.00 bits per heavy atom. The van der Waals surface area contributed by atoms with E-state index >= 15 is 0 Å². The normalized spacial score (nSPS) is 12.5. The summed E-state index contributed by atoms with van der Waals surface area (Å²) in [6.07, 6.45) is 2.77. The summed E-state index contributed by atoms with van der Waals surface area (Å²) in [5.41, 5.74) is 7.13. The fourth-order valence-electron chi connectivity index (χ4n) is 2.20. The lowest BCUT2D eigenvalue weighted by Crippen LogP contribution is -2.07. The highest BCUT2D eigenvalue weighted by molar-refractivity contribution is 9.10. The Balaban J connectivity index is 2.05. The van der Waals surface area contributed by atoms with Gasteiger partial charge in [-0.25, -0.2) is 4.98 Å². The van der Waals surface area contributed by atoms with Gasteiger partial charge in [-0.2, -0.15) is 0 Å². The van der Waals surface area contributed by atoms with Crippen molar-refractivity contribution in [1.29, 1.82) is 0 Å². The van der Waals surface area contributed by atoms with E-state index in [1.807, 2.05) is 6.92 Å². The molecule has 0 aliphatic carbocycles. The summed E-state index contributed by atoms with van der Waals surface area (Å²) in [5.74, 6) is 0.607. The molecule has 2 N–H and O–H groups in total. The van der Waals surface area contributed by atoms with Crippen molar-refractivity contribution in [3.8, 4) is 5.75 Å². The van der Waals surface area contributed by atoms with Gasteiger partial charge in [-0.15, -0.1) is 0 Å². The van der Waals surface area contributed by atoms with Crippen LogP contribution in [-0.2, 0) is 0 Å². The number of anilines is 1. The quantitative estimate of drug-likeness (QED) is 0.618. The number of halogens is 3. The average Bonchev–Trinajstić information content (AvgIpc) is 2.83. The van der Waals surface area contributed by atoms with Crippen LogP contribution in [-0.4, -0.2) is 4.98 Å². The van der Waals surface area contributed by atoms with Gasteiger partial charge in [-0.1, -0.05) is 29.3 Å². The molecule has 0 saturated heterocycles. The summed E-state index contributed by atoms with van der Waals surface area (Å²) in [6, 6.07) is 5.30. The largest absolute Gasteiger partial charge is 0.478 e. The Bertz CT molecular complexity index is 831. The number of hydrogen-bond donors (Lipinski definition) is 1. The first kappa shape index (κ1) is 15.5. The summed E-state index contributed by atoms with van der Waals surface area (Å²) in [7, 11) is 0. The van der Waals surface area contributed by atoms with Gasteiger partial charge in [0.05, 0.1) is 9.86 Å². The van der Waals surface area contributed by atoms with E-state index in [0.29, 0.717) is 26.9 Å². The van der Waals surface area contributed by atoms with Gasteiger partial charge in [0.15, 0.2) is 11.4 Å². The van der Waals surface area contributed by atoms with Crippen molar-refractivity contribution in [2.75, 3.05) is 5.73 Å². The van der Waals surface area contributed by atoms with Crippen LogP contribution in [0.1, 0.15) is 18.6 Å². The van der Waals surface area contributed by atoms with Gasteiger partial charge in [0, 0.05) is 21.8 Å². The van der Waals surface area contributed by atoms with Gasteiger partial charge in [0.1, 0.15) is 12.4 Å². The Morgan fingerprint density at radius 3 is 2.68 bits per heavy atom. The lowest BCUT2D eigenvalue weighted by molar-refractivity contribution is 0.228. The first-order valence-corrected chi connectivity index (χ1v) is 7.95. The molecule has 3 aromatic rings. The molecule has 2 aromatic heterocycles. The standard InChI is InChI=1S/C15H11BrCl2N2O2/c1-7(12-10(17)3-2-4-11(12)18)22-14-13-8(5-20-15(14)19)9(16)6-21-13/h2-7H,1H3,(H2,19,20). The fourth-order valence-corrected chi connectivity index (χ4v) is 3.28. The van der Waals surface area contributed by atoms with Gasteiger partial charge in [0.25, 0.3) is 0 Å². The lowest BCUT2D eigenvalue weighted by Gasteiger charge is -2.18. The van der Waals surface area contributed by atoms with Crippen LogP contribution in [0, 0.1) is 0 Å². The van der Waals surface area contributed by atoms with Crippen LogP contribution in [0.4, 0.5) is 5.82 Å². The van der Waals surface area contributed by atoms with E-state index in [1.54, 1.807) is 30.7 Å². The van der Waals surface area contributed by atoms with Gasteiger partial charge >= 0.3 is 0 Å². The smallest absolute Gasteiger partial charge is 0.205 e. The summed E-state index contributed by atoms with van der Waals surface area (Å²) in [5, 5.41) is 1.83. The molecule has 3 rings (SSSR count). The summed E-state index contributed by atoms with van der Waals surface area (Å²) >= 11 is 15.8. The van der Waals surface area contributed by atoms with Crippen molar-refractivity contribution in [2.45, 2.75) is 13.0 Å². The minimum atomic E-state index is -0.417. The number of hydrogen-bond acceptors (Lipinski definition) is 4. The van der Waals surface area contributed by atoms with Crippen molar-refractivity contribution in [3.63, 3.8) is 0 Å². The maximum absolute atomic E-state index is 6.21. The third-order valence-electron chi connectivity index (χ3n) is 3.25. The summed E-state index contributed by atoms with van der Waals surface area (Å²) in [4.78, 5) is 4.13. The number of nitrogen functional groups attached to an aromatic ring is 1. The fraction of sp³-hybridized carbons (Fsp3) is 0.133. The summed E-state index contributed by atoms with van der Waals surface area (Å²) in [6.45, 7) is 1.84. The number of nitrogens with two attached hydrogens (primary N) is 1. The molecule has 114 valence electrons. The van der Waals surface area contributed by atoms with E-state index in [-0.39, 0.29) is 5.82 Å². The second-order valence-electron chi connectivity index (χ2n) is 4.69. The van der Waals surface area contributed by atoms with Gasteiger partial charge in [-0.05, 0) is 35.0 Å². The predicted octanol–water partition coefficient (Wildman–Crippen LogP) is 5.62. The first-order chi connectivity index (χ1) is 10.5. The molecule has 0 fully saturated rings. The van der Waals surface area contributed by atoms with Crippen LogP contribution in [0.2, 0.25) is 10.0 Å². The molecular weight excluding hydrogens is 391 g/mol. The zero-order valence-corrected chi connectivity index (χ0v) is 14.5. The number of aromatic nitrogens is 1. The molecule has 2 heterocycles. The Labute approximate surface area is 145 Å². The number of furan rings is 1. The Hall–Kier alpha value is -1.43. The van der Waals surface area contributed by atoms with E-state index in [2.05, 4.69) is 20.9 Å². The summed E-state index contributed by atoms with van der Waals surface area (Å²) < 4.78 is 12.2. The second-order valence-corrected chi connectivity index (χ2v) is 6.36. The molecule has 1 atom stereocenters. The highest BCUT2D eigenvalue weighted by atomic mass is 79.9. The maximum Gasteiger partial charge on any atom is 0.205 e. The van der Waals surface area contributed by atoms with Crippen molar-refractivity contribution >= 4 is 55.9 Å². The van der Waals surface area contributed by atoms with Crippen LogP contribution in [0.5, 0.6) is 5.75 Å². The zero-order chi connectivity index (χ0) is 15.9. The topological polar surface area (TPSA) is 61.3 Å². The molecule has 0 amide bonds. The van der Waals surface area contributed by atoms with Crippen LogP contribution in [0.15, 0.2) is 39.5 Å². The Kier molecular flexibility index (Phi) is 4.21. The Morgan fingerprint density at radius 1 is 1.32 bits per heavy atom. The molecule has 0 bridgehead atoms. The molecule has 0 saturated carbocycles. The first-order valence-electron chi connectivity index (χ1n) is 6.40. The molecule has 22 heavy (non-hydrogen) atoms. The third kappa shape index (κ3) is 2.64. The number of rotatable bonds is 3. The SMILES string of the molecule is CC(Oc1c(N)ncc2c(Br)coc12)c1c(Cl)cccc1Cl. The second kappa shape index (κ2) is 5.99. The van der Waals surface area contributed by atoms with Gasteiger partial charge in [0.2, 0.25) is 5.75 Å². The highest BCUT2D eigenvalue weighted by Crippen LogP contribution is 2.39. The van der Waals surface area contributed by atoms with Crippen molar-refractivity contribution in [2.24, 2.45) is 0 Å². The van der Waals surface area contributed by atoms with E-state index in [1.165, 1.54) is 0 Å². The van der Waals surface area contributed by atoms with Gasteiger partial charge in [-0.3, -0.25) is 0 Å². The maximum atomic E-state index is 6.21. The number of benzene rings is 1. The minimum absolute atomic E-state index is 0.240. The van der Waals surface area contributed by atoms with Crippen LogP contribution < -0.4 is 10.5 Å². The zero-order valence-electron chi connectivity index (χ0n) is 11.4. The number of nitrogens with zero attached hydrogens (tertiary/aromatic N) is 1. The van der Waals surface area contributed by atoms with E-state index in [0.717, 1.165) is 9.86 Å². The molecule has 0 aliphatic heterocycles. The molecule has 4 nitrogen and oxygen atoms in total. The predicted molar refractivity (Wildman–Crippen MR) is 91.6 cm³/mol. The monoisotopic (exact) mass is 400 g/mol. The number of fused-ring (bicyclic) bond motifs is 1. The minimum Gasteiger partial charge on any atom is -0.478 e. The molecular formula is C15H11BrCl2N2O2. The van der Waals surface area contributed by atoms with E-state index < -0.39 is 6.10 Å². The molecule has 1 aromatic carbocycles. The molecule has 0 aliphatic rings. The number of pyridine rings is 1. The van der Waals surface area contributed by atoms with Crippen molar-refractivity contribution in [3.05, 3.63) is 50.7 Å². The molecule has 0 spiro atoms. The highest BCUT2D eigenvalue weighted by Gasteiger charge is 2.20. The van der Waals surface area contributed by atoms with Gasteiger partial charge < -0.3 is 14.9 Å². The average molecular weight is 402 g/mol. The molecule has 0 radical (unpaired) electrons.